The normalized spacial score (nSPS) is 12.0. The van der Waals surface area contributed by atoms with Gasteiger partial charge in [0, 0.05) is 31.7 Å². The number of nitrogens with zero attached hydrogens (tertiary/aromatic N) is 1. The third-order valence-electron chi connectivity index (χ3n) is 2.41. The Balaban J connectivity index is 2.37. The van der Waals surface area contributed by atoms with E-state index in [0.29, 0.717) is 0 Å². The monoisotopic (exact) mass is 240 g/mol. The van der Waals surface area contributed by atoms with Crippen molar-refractivity contribution >= 4 is 0 Å². The van der Waals surface area contributed by atoms with E-state index in [1.807, 2.05) is 6.92 Å². The fraction of sp³-hybridized carbons (Fsp3) is 0.769. The lowest BCUT2D eigenvalue weighted by Crippen LogP contribution is -2.35. The van der Waals surface area contributed by atoms with E-state index in [0.717, 1.165) is 44.1 Å². The van der Waals surface area contributed by atoms with Gasteiger partial charge in [-0.3, -0.25) is 0 Å². The Hall–Kier alpha value is -0.870. The molecule has 4 nitrogen and oxygen atoms in total. The fourth-order valence-corrected chi connectivity index (χ4v) is 1.47. The topological polar surface area (TPSA) is 47.3 Å². The van der Waals surface area contributed by atoms with Crippen LogP contribution in [-0.4, -0.2) is 23.7 Å². The van der Waals surface area contributed by atoms with Gasteiger partial charge < -0.3 is 14.5 Å². The predicted octanol–water partition coefficient (Wildman–Crippen LogP) is 2.53. The van der Waals surface area contributed by atoms with Crippen molar-refractivity contribution in [3.05, 3.63) is 17.8 Å². The lowest BCUT2D eigenvalue weighted by molar-refractivity contribution is 0.144. The van der Waals surface area contributed by atoms with Crippen LogP contribution < -0.4 is 5.32 Å². The maximum absolute atomic E-state index is 5.40. The molecule has 0 unspecified atom stereocenters. The molecule has 0 saturated carbocycles. The van der Waals surface area contributed by atoms with Crippen LogP contribution in [0.4, 0.5) is 0 Å². The van der Waals surface area contributed by atoms with Crippen LogP contribution in [0.1, 0.15) is 45.6 Å². The molecule has 98 valence electrons. The summed E-state index contributed by atoms with van der Waals surface area (Å²) in [6.07, 6.45) is 3.39. The predicted molar refractivity (Wildman–Crippen MR) is 67.9 cm³/mol. The van der Waals surface area contributed by atoms with Gasteiger partial charge in [0.2, 0.25) is 0 Å². The summed E-state index contributed by atoms with van der Waals surface area (Å²) >= 11 is 0. The number of ether oxygens (including phenoxy) is 1. The first kappa shape index (κ1) is 14.2. The number of aromatic nitrogens is 1. The number of oxazole rings is 1. The standard InChI is InChI=1S/C13H24N2O2/c1-5-16-8-6-7-12-11(14-10-17-12)9-15-13(2,3)4/h10,15H,5-9H2,1-4H3. The van der Waals surface area contributed by atoms with Gasteiger partial charge in [0.15, 0.2) is 6.39 Å². The minimum Gasteiger partial charge on any atom is -0.448 e. The van der Waals surface area contributed by atoms with E-state index in [4.69, 9.17) is 9.15 Å². The number of hydrogen-bond acceptors (Lipinski definition) is 4. The van der Waals surface area contributed by atoms with E-state index < -0.39 is 0 Å². The molecule has 0 aliphatic heterocycles. The molecule has 0 radical (unpaired) electrons. The van der Waals surface area contributed by atoms with Crippen LogP contribution in [0, 0.1) is 0 Å². The van der Waals surface area contributed by atoms with E-state index in [-0.39, 0.29) is 5.54 Å². The van der Waals surface area contributed by atoms with Gasteiger partial charge in [-0.05, 0) is 34.1 Å². The smallest absolute Gasteiger partial charge is 0.181 e. The van der Waals surface area contributed by atoms with E-state index in [1.54, 1.807) is 0 Å². The second-order valence-electron chi connectivity index (χ2n) is 5.13. The zero-order valence-corrected chi connectivity index (χ0v) is 11.4. The van der Waals surface area contributed by atoms with Gasteiger partial charge >= 0.3 is 0 Å². The van der Waals surface area contributed by atoms with Crippen LogP contribution in [0.25, 0.3) is 0 Å². The van der Waals surface area contributed by atoms with Gasteiger partial charge in [-0.2, -0.15) is 0 Å². The highest BCUT2D eigenvalue weighted by Gasteiger charge is 2.13. The minimum atomic E-state index is 0.0988. The average Bonchev–Trinajstić information content (AvgIpc) is 2.68. The summed E-state index contributed by atoms with van der Waals surface area (Å²) in [5.74, 6) is 0.974. The third-order valence-corrected chi connectivity index (χ3v) is 2.41. The molecule has 4 heteroatoms. The molecule has 17 heavy (non-hydrogen) atoms. The Morgan fingerprint density at radius 2 is 2.18 bits per heavy atom. The lowest BCUT2D eigenvalue weighted by atomic mass is 10.1. The van der Waals surface area contributed by atoms with Crippen molar-refractivity contribution in [2.45, 2.75) is 52.6 Å². The van der Waals surface area contributed by atoms with Crippen LogP contribution in [-0.2, 0) is 17.7 Å². The molecule has 0 atom stereocenters. The van der Waals surface area contributed by atoms with Crippen LogP contribution >= 0.6 is 0 Å². The van der Waals surface area contributed by atoms with Crippen molar-refractivity contribution in [1.82, 2.24) is 10.3 Å². The van der Waals surface area contributed by atoms with Crippen molar-refractivity contribution < 1.29 is 9.15 Å². The molecule has 0 aliphatic rings. The SMILES string of the molecule is CCOCCCc1ocnc1CNC(C)(C)C. The first-order valence-electron chi connectivity index (χ1n) is 6.27. The van der Waals surface area contributed by atoms with E-state index >= 15 is 0 Å². The van der Waals surface area contributed by atoms with Crippen LogP contribution in [0.15, 0.2) is 10.8 Å². The highest BCUT2D eigenvalue weighted by Crippen LogP contribution is 2.11. The number of rotatable bonds is 7. The van der Waals surface area contributed by atoms with Gasteiger partial charge in [0.05, 0.1) is 5.69 Å². The van der Waals surface area contributed by atoms with Crippen LogP contribution in [0.3, 0.4) is 0 Å². The highest BCUT2D eigenvalue weighted by atomic mass is 16.5. The maximum Gasteiger partial charge on any atom is 0.181 e. The van der Waals surface area contributed by atoms with Gasteiger partial charge in [0.1, 0.15) is 5.76 Å². The van der Waals surface area contributed by atoms with Crippen LogP contribution in [0.2, 0.25) is 0 Å². The minimum absolute atomic E-state index is 0.0988. The number of aryl methyl sites for hydroxylation is 1. The molecule has 1 aromatic rings. The van der Waals surface area contributed by atoms with Gasteiger partial charge in [-0.15, -0.1) is 0 Å². The Morgan fingerprint density at radius 1 is 1.41 bits per heavy atom. The number of hydrogen-bond donors (Lipinski definition) is 1. The summed E-state index contributed by atoms with van der Waals surface area (Å²) in [5, 5.41) is 3.41. The molecule has 1 N–H and O–H groups in total. The van der Waals surface area contributed by atoms with E-state index in [2.05, 4.69) is 31.1 Å². The van der Waals surface area contributed by atoms with E-state index in [9.17, 15) is 0 Å². The Morgan fingerprint density at radius 3 is 2.82 bits per heavy atom. The van der Waals surface area contributed by atoms with Gasteiger partial charge in [-0.1, -0.05) is 0 Å². The fourth-order valence-electron chi connectivity index (χ4n) is 1.47. The summed E-state index contributed by atoms with van der Waals surface area (Å²) in [6.45, 7) is 10.7. The zero-order valence-electron chi connectivity index (χ0n) is 11.4. The molecule has 1 rings (SSSR count). The first-order chi connectivity index (χ1) is 8.03. The largest absolute Gasteiger partial charge is 0.448 e. The Labute approximate surface area is 104 Å². The van der Waals surface area contributed by atoms with Gasteiger partial charge in [0.25, 0.3) is 0 Å². The van der Waals surface area contributed by atoms with E-state index in [1.165, 1.54) is 6.39 Å². The van der Waals surface area contributed by atoms with Crippen LogP contribution in [0.5, 0.6) is 0 Å². The molecule has 0 fully saturated rings. The highest BCUT2D eigenvalue weighted by molar-refractivity contribution is 5.07. The number of nitrogens with one attached hydrogen (secondary N) is 1. The molecular weight excluding hydrogens is 216 g/mol. The summed E-state index contributed by atoms with van der Waals surface area (Å²) in [5.41, 5.74) is 1.11. The second kappa shape index (κ2) is 6.77. The quantitative estimate of drug-likeness (QED) is 0.744. The Bertz CT molecular complexity index is 315. The Kier molecular flexibility index (Phi) is 5.65. The molecule has 0 saturated heterocycles. The molecule has 0 aliphatic carbocycles. The molecule has 1 heterocycles. The third kappa shape index (κ3) is 5.84. The molecule has 0 spiro atoms. The summed E-state index contributed by atoms with van der Waals surface area (Å²) in [7, 11) is 0. The lowest BCUT2D eigenvalue weighted by Gasteiger charge is -2.19. The van der Waals surface area contributed by atoms with Gasteiger partial charge in [-0.25, -0.2) is 4.98 Å². The maximum atomic E-state index is 5.40. The summed E-state index contributed by atoms with van der Waals surface area (Å²) in [4.78, 5) is 4.25. The molecule has 0 amide bonds. The van der Waals surface area contributed by atoms with Crippen molar-refractivity contribution in [3.63, 3.8) is 0 Å². The molecular formula is C13H24N2O2. The van der Waals surface area contributed by atoms with Crippen molar-refractivity contribution in [3.8, 4) is 0 Å². The van der Waals surface area contributed by atoms with Crippen molar-refractivity contribution in [2.24, 2.45) is 0 Å². The molecule has 1 aromatic heterocycles. The molecule has 0 aromatic carbocycles. The first-order valence-corrected chi connectivity index (χ1v) is 6.27. The van der Waals surface area contributed by atoms with Crippen molar-refractivity contribution in [2.75, 3.05) is 13.2 Å². The second-order valence-corrected chi connectivity index (χ2v) is 5.13. The average molecular weight is 240 g/mol. The summed E-state index contributed by atoms with van der Waals surface area (Å²) in [6, 6.07) is 0. The zero-order chi connectivity index (χ0) is 12.7. The summed E-state index contributed by atoms with van der Waals surface area (Å²) < 4.78 is 10.7. The van der Waals surface area contributed by atoms with Crippen molar-refractivity contribution in [1.29, 1.82) is 0 Å². The molecule has 0 bridgehead atoms.